The van der Waals surface area contributed by atoms with Gasteiger partial charge in [-0.15, -0.1) is 0 Å². The van der Waals surface area contributed by atoms with Crippen LogP contribution in [-0.2, 0) is 9.59 Å². The molecule has 0 saturated carbocycles. The van der Waals surface area contributed by atoms with Crippen molar-refractivity contribution < 1.29 is 24.5 Å². The lowest BCUT2D eigenvalue weighted by Crippen LogP contribution is -2.31. The third-order valence-electron chi connectivity index (χ3n) is 5.19. The van der Waals surface area contributed by atoms with Crippen molar-refractivity contribution in [2.45, 2.75) is 12.5 Å². The Balaban J connectivity index is 2.11. The van der Waals surface area contributed by atoms with Gasteiger partial charge in [0, 0.05) is 38.5 Å². The van der Waals surface area contributed by atoms with E-state index in [1.807, 2.05) is 43.3 Å². The number of nitrogens with zero attached hydrogens (tertiary/aromatic N) is 2. The SMILES string of the molecule is COc1ccc(/C(O)=C2\C(=O)C(=O)N(CCCO)C2c2ccc(N(C)C)cc2)cc1. The number of benzene rings is 2. The fraction of sp³-hybridized carbons (Fsp3) is 0.304. The van der Waals surface area contributed by atoms with Gasteiger partial charge in [-0.1, -0.05) is 12.1 Å². The molecule has 0 radical (unpaired) electrons. The quantitative estimate of drug-likeness (QED) is 0.414. The van der Waals surface area contributed by atoms with Crippen molar-refractivity contribution in [1.82, 2.24) is 4.90 Å². The normalized spacial score (nSPS) is 18.0. The number of methoxy groups -OCH3 is 1. The predicted molar refractivity (Wildman–Crippen MR) is 114 cm³/mol. The largest absolute Gasteiger partial charge is 0.507 e. The van der Waals surface area contributed by atoms with Crippen LogP contribution in [0.3, 0.4) is 0 Å². The molecule has 1 heterocycles. The number of ketones is 1. The number of anilines is 1. The van der Waals surface area contributed by atoms with Gasteiger partial charge < -0.3 is 24.7 Å². The summed E-state index contributed by atoms with van der Waals surface area (Å²) in [5, 5.41) is 20.2. The number of hydrogen-bond donors (Lipinski definition) is 2. The molecule has 2 aromatic rings. The van der Waals surface area contributed by atoms with Gasteiger partial charge in [-0.3, -0.25) is 9.59 Å². The topological polar surface area (TPSA) is 90.3 Å². The Morgan fingerprint density at radius 1 is 1.07 bits per heavy atom. The minimum Gasteiger partial charge on any atom is -0.507 e. The van der Waals surface area contributed by atoms with E-state index in [4.69, 9.17) is 4.74 Å². The summed E-state index contributed by atoms with van der Waals surface area (Å²) in [5.41, 5.74) is 2.15. The lowest BCUT2D eigenvalue weighted by Gasteiger charge is -2.25. The molecule has 7 nitrogen and oxygen atoms in total. The number of carbonyl (C=O) groups excluding carboxylic acids is 2. The Morgan fingerprint density at radius 3 is 2.23 bits per heavy atom. The van der Waals surface area contributed by atoms with Crippen LogP contribution in [0.1, 0.15) is 23.6 Å². The van der Waals surface area contributed by atoms with Gasteiger partial charge in [0.25, 0.3) is 11.7 Å². The summed E-state index contributed by atoms with van der Waals surface area (Å²) in [4.78, 5) is 29.0. The second-order valence-corrected chi connectivity index (χ2v) is 7.28. The first-order chi connectivity index (χ1) is 14.4. The lowest BCUT2D eigenvalue weighted by atomic mass is 9.95. The van der Waals surface area contributed by atoms with Gasteiger partial charge in [-0.05, 0) is 48.4 Å². The highest BCUT2D eigenvalue weighted by atomic mass is 16.5. The van der Waals surface area contributed by atoms with Crippen LogP contribution in [0.25, 0.3) is 5.76 Å². The molecular formula is C23H26N2O5. The Bertz CT molecular complexity index is 949. The number of rotatable bonds is 7. The van der Waals surface area contributed by atoms with Crippen molar-refractivity contribution in [1.29, 1.82) is 0 Å². The molecule has 1 fully saturated rings. The maximum absolute atomic E-state index is 12.9. The summed E-state index contributed by atoms with van der Waals surface area (Å²) >= 11 is 0. The molecule has 0 bridgehead atoms. The second-order valence-electron chi connectivity index (χ2n) is 7.28. The van der Waals surface area contributed by atoms with Gasteiger partial charge in [0.2, 0.25) is 0 Å². The minimum atomic E-state index is -0.733. The van der Waals surface area contributed by atoms with Gasteiger partial charge in [-0.2, -0.15) is 0 Å². The number of hydrogen-bond acceptors (Lipinski definition) is 6. The summed E-state index contributed by atoms with van der Waals surface area (Å²) in [6, 6.07) is 13.4. The molecule has 7 heteroatoms. The molecule has 0 aromatic heterocycles. The zero-order valence-corrected chi connectivity index (χ0v) is 17.3. The maximum Gasteiger partial charge on any atom is 0.295 e. The van der Waals surface area contributed by atoms with Gasteiger partial charge >= 0.3 is 0 Å². The number of amides is 1. The molecule has 30 heavy (non-hydrogen) atoms. The minimum absolute atomic E-state index is 0.0423. The van der Waals surface area contributed by atoms with Crippen molar-refractivity contribution in [3.63, 3.8) is 0 Å². The molecule has 1 aliphatic rings. The molecule has 1 aliphatic heterocycles. The molecular weight excluding hydrogens is 384 g/mol. The third kappa shape index (κ3) is 4.02. The van der Waals surface area contributed by atoms with Crippen LogP contribution in [-0.4, -0.2) is 61.2 Å². The van der Waals surface area contributed by atoms with Crippen LogP contribution in [0.4, 0.5) is 5.69 Å². The Hall–Kier alpha value is -3.32. The molecule has 0 aliphatic carbocycles. The molecule has 3 rings (SSSR count). The van der Waals surface area contributed by atoms with Crippen molar-refractivity contribution in [3.8, 4) is 5.75 Å². The van der Waals surface area contributed by atoms with Crippen LogP contribution < -0.4 is 9.64 Å². The molecule has 1 amide bonds. The van der Waals surface area contributed by atoms with Gasteiger partial charge in [-0.25, -0.2) is 0 Å². The van der Waals surface area contributed by atoms with Crippen molar-refractivity contribution in [3.05, 3.63) is 65.2 Å². The summed E-state index contributed by atoms with van der Waals surface area (Å²) in [6.45, 7) is 0.105. The van der Waals surface area contributed by atoms with E-state index < -0.39 is 17.7 Å². The predicted octanol–water partition coefficient (Wildman–Crippen LogP) is 2.57. The van der Waals surface area contributed by atoms with Crippen LogP contribution >= 0.6 is 0 Å². The molecule has 1 unspecified atom stereocenters. The summed E-state index contributed by atoms with van der Waals surface area (Å²) in [6.07, 6.45) is 0.335. The second kappa shape index (κ2) is 9.00. The summed E-state index contributed by atoms with van der Waals surface area (Å²) < 4.78 is 5.14. The first-order valence-corrected chi connectivity index (χ1v) is 9.70. The van der Waals surface area contributed by atoms with Gasteiger partial charge in [0.15, 0.2) is 0 Å². The molecule has 2 aromatic carbocycles. The maximum atomic E-state index is 12.9. The van der Waals surface area contributed by atoms with Crippen molar-refractivity contribution in [2.75, 3.05) is 39.3 Å². The highest BCUT2D eigenvalue weighted by Crippen LogP contribution is 2.40. The zero-order valence-electron chi connectivity index (χ0n) is 17.3. The third-order valence-corrected chi connectivity index (χ3v) is 5.19. The average molecular weight is 410 g/mol. The molecule has 0 spiro atoms. The molecule has 158 valence electrons. The Kier molecular flexibility index (Phi) is 6.42. The van der Waals surface area contributed by atoms with E-state index in [1.54, 1.807) is 31.4 Å². The Morgan fingerprint density at radius 2 is 1.70 bits per heavy atom. The van der Waals surface area contributed by atoms with Gasteiger partial charge in [0.1, 0.15) is 11.5 Å². The number of aliphatic hydroxyl groups excluding tert-OH is 2. The summed E-state index contributed by atoms with van der Waals surface area (Å²) in [5.74, 6) is -1.03. The van der Waals surface area contributed by atoms with Crippen molar-refractivity contribution >= 4 is 23.1 Å². The molecule has 1 atom stereocenters. The highest BCUT2D eigenvalue weighted by molar-refractivity contribution is 6.46. The van der Waals surface area contributed by atoms with E-state index in [0.717, 1.165) is 5.69 Å². The standard InChI is InChI=1S/C23H26N2O5/c1-24(2)17-9-5-15(6-10-17)20-19(22(28)23(29)25(20)13-4-14-26)21(27)16-7-11-18(30-3)12-8-16/h5-12,20,26-27H,4,13-14H2,1-3H3/b21-19+. The molecule has 1 saturated heterocycles. The molecule has 2 N–H and O–H groups in total. The first-order valence-electron chi connectivity index (χ1n) is 9.70. The fourth-order valence-electron chi connectivity index (χ4n) is 3.56. The number of Topliss-reactive ketones (excluding diaryl/α,β-unsaturated/α-hetero) is 1. The Labute approximate surface area is 175 Å². The van der Waals surface area contributed by atoms with Crippen molar-refractivity contribution in [2.24, 2.45) is 0 Å². The van der Waals surface area contributed by atoms with Crippen LogP contribution in [0.2, 0.25) is 0 Å². The van der Waals surface area contributed by atoms with E-state index in [2.05, 4.69) is 0 Å². The number of carbonyl (C=O) groups is 2. The smallest absolute Gasteiger partial charge is 0.295 e. The van der Waals surface area contributed by atoms with Crippen LogP contribution in [0, 0.1) is 0 Å². The van der Waals surface area contributed by atoms with E-state index in [0.29, 0.717) is 23.3 Å². The van der Waals surface area contributed by atoms with E-state index >= 15 is 0 Å². The van der Waals surface area contributed by atoms with Crippen LogP contribution in [0.5, 0.6) is 5.75 Å². The lowest BCUT2D eigenvalue weighted by molar-refractivity contribution is -0.140. The first kappa shape index (κ1) is 21.4. The number of ether oxygens (including phenoxy) is 1. The van der Waals surface area contributed by atoms with E-state index in [9.17, 15) is 19.8 Å². The summed E-state index contributed by atoms with van der Waals surface area (Å²) in [7, 11) is 5.39. The zero-order chi connectivity index (χ0) is 21.8. The number of aliphatic hydroxyl groups is 2. The highest BCUT2D eigenvalue weighted by Gasteiger charge is 2.45. The van der Waals surface area contributed by atoms with Gasteiger partial charge in [0.05, 0.1) is 18.7 Å². The number of likely N-dealkylation sites (tertiary alicyclic amines) is 1. The van der Waals surface area contributed by atoms with E-state index in [-0.39, 0.29) is 24.5 Å². The van der Waals surface area contributed by atoms with E-state index in [1.165, 1.54) is 4.90 Å². The monoisotopic (exact) mass is 410 g/mol. The fourth-order valence-corrected chi connectivity index (χ4v) is 3.56. The van der Waals surface area contributed by atoms with Crippen LogP contribution in [0.15, 0.2) is 54.1 Å². The average Bonchev–Trinajstić information content (AvgIpc) is 3.02.